The smallest absolute Gasteiger partial charge is 0.0687 e. The van der Waals surface area contributed by atoms with E-state index in [1.165, 1.54) is 44.1 Å². The Balaban J connectivity index is 1.75. The molecule has 1 unspecified atom stereocenters. The normalized spacial score (nSPS) is 28.1. The van der Waals surface area contributed by atoms with E-state index in [-0.39, 0.29) is 0 Å². The quantitative estimate of drug-likeness (QED) is 0.584. The molecule has 0 amide bonds. The first-order valence-corrected chi connectivity index (χ1v) is 7.22. The van der Waals surface area contributed by atoms with E-state index in [2.05, 4.69) is 18.3 Å². The second kappa shape index (κ2) is 6.01. The van der Waals surface area contributed by atoms with Crippen LogP contribution in [0.25, 0.3) is 0 Å². The molecule has 1 saturated heterocycles. The molecular formula is C15H27NO. The highest BCUT2D eigenvalue weighted by molar-refractivity contribution is 5.03. The second-order valence-electron chi connectivity index (χ2n) is 5.82. The van der Waals surface area contributed by atoms with Gasteiger partial charge in [0.05, 0.1) is 11.7 Å². The van der Waals surface area contributed by atoms with Crippen molar-refractivity contribution in [2.24, 2.45) is 0 Å². The summed E-state index contributed by atoms with van der Waals surface area (Å²) in [7, 11) is 2.01. The van der Waals surface area contributed by atoms with Gasteiger partial charge in [0.15, 0.2) is 0 Å². The van der Waals surface area contributed by atoms with E-state index in [1.54, 1.807) is 0 Å². The van der Waals surface area contributed by atoms with Crippen LogP contribution < -0.4 is 5.32 Å². The first-order valence-electron chi connectivity index (χ1n) is 7.22. The van der Waals surface area contributed by atoms with E-state index < -0.39 is 0 Å². The molecule has 1 aliphatic heterocycles. The van der Waals surface area contributed by atoms with Gasteiger partial charge < -0.3 is 10.1 Å². The minimum absolute atomic E-state index is 0.302. The third kappa shape index (κ3) is 3.56. The lowest BCUT2D eigenvalue weighted by Gasteiger charge is -2.23. The number of hydrogen-bond acceptors (Lipinski definition) is 2. The van der Waals surface area contributed by atoms with E-state index in [1.807, 2.05) is 7.05 Å². The molecule has 2 aliphatic rings. The molecule has 98 valence electrons. The van der Waals surface area contributed by atoms with E-state index in [4.69, 9.17) is 4.74 Å². The standard InChI is InChI=1S/C15H27NO/c1-13(6-5-11-16-2)12-14-7-10-15(17-14)8-3-4-9-15/h6,14,16H,3-5,7-12H2,1-2H3/b13-6-. The van der Waals surface area contributed by atoms with E-state index in [0.717, 1.165) is 19.4 Å². The van der Waals surface area contributed by atoms with Crippen LogP contribution in [0.1, 0.15) is 58.3 Å². The molecular weight excluding hydrogens is 210 g/mol. The minimum Gasteiger partial charge on any atom is -0.371 e. The highest BCUT2D eigenvalue weighted by Gasteiger charge is 2.41. The lowest BCUT2D eigenvalue weighted by molar-refractivity contribution is -0.0354. The predicted octanol–water partition coefficient (Wildman–Crippen LogP) is 3.42. The minimum atomic E-state index is 0.302. The average molecular weight is 237 g/mol. The molecule has 1 spiro atoms. The Morgan fingerprint density at radius 2 is 2.12 bits per heavy atom. The molecule has 0 aromatic rings. The summed E-state index contributed by atoms with van der Waals surface area (Å²) in [5.74, 6) is 0. The van der Waals surface area contributed by atoms with Crippen LogP contribution in [0, 0.1) is 0 Å². The van der Waals surface area contributed by atoms with Gasteiger partial charge in [-0.25, -0.2) is 0 Å². The molecule has 2 fully saturated rings. The molecule has 2 nitrogen and oxygen atoms in total. The summed E-state index contributed by atoms with van der Waals surface area (Å²) in [6, 6.07) is 0. The van der Waals surface area contributed by atoms with Crippen molar-refractivity contribution in [3.05, 3.63) is 11.6 Å². The summed E-state index contributed by atoms with van der Waals surface area (Å²) in [5.41, 5.74) is 1.80. The van der Waals surface area contributed by atoms with Crippen molar-refractivity contribution >= 4 is 0 Å². The fraction of sp³-hybridized carbons (Fsp3) is 0.867. The predicted molar refractivity (Wildman–Crippen MR) is 72.2 cm³/mol. The van der Waals surface area contributed by atoms with Crippen molar-refractivity contribution in [1.82, 2.24) is 5.32 Å². The highest BCUT2D eigenvalue weighted by Crippen LogP contribution is 2.44. The maximum absolute atomic E-state index is 6.33. The molecule has 1 atom stereocenters. The Morgan fingerprint density at radius 3 is 2.82 bits per heavy atom. The van der Waals surface area contributed by atoms with Crippen LogP contribution in [0.5, 0.6) is 0 Å². The summed E-state index contributed by atoms with van der Waals surface area (Å²) in [6.45, 7) is 3.32. The first kappa shape index (κ1) is 13.1. The molecule has 0 bridgehead atoms. The van der Waals surface area contributed by atoms with Gasteiger partial charge >= 0.3 is 0 Å². The summed E-state index contributed by atoms with van der Waals surface area (Å²) in [4.78, 5) is 0. The lowest BCUT2D eigenvalue weighted by atomic mass is 9.97. The van der Waals surface area contributed by atoms with Crippen molar-refractivity contribution in [2.75, 3.05) is 13.6 Å². The molecule has 0 aromatic carbocycles. The number of hydrogen-bond donors (Lipinski definition) is 1. The molecule has 2 heteroatoms. The first-order chi connectivity index (χ1) is 8.24. The topological polar surface area (TPSA) is 21.3 Å². The zero-order valence-corrected chi connectivity index (χ0v) is 11.4. The third-order valence-corrected chi connectivity index (χ3v) is 4.29. The number of ether oxygens (including phenoxy) is 1. The molecule has 1 saturated carbocycles. The van der Waals surface area contributed by atoms with Crippen molar-refractivity contribution < 1.29 is 4.74 Å². The zero-order valence-electron chi connectivity index (χ0n) is 11.4. The summed E-state index contributed by atoms with van der Waals surface area (Å²) < 4.78 is 6.33. The van der Waals surface area contributed by atoms with Crippen LogP contribution >= 0.6 is 0 Å². The van der Waals surface area contributed by atoms with Gasteiger partial charge in [-0.3, -0.25) is 0 Å². The summed E-state index contributed by atoms with van der Waals surface area (Å²) >= 11 is 0. The van der Waals surface area contributed by atoms with E-state index in [0.29, 0.717) is 11.7 Å². The fourth-order valence-electron chi connectivity index (χ4n) is 3.33. The van der Waals surface area contributed by atoms with Crippen LogP contribution in [-0.4, -0.2) is 25.3 Å². The van der Waals surface area contributed by atoms with Crippen LogP contribution in [-0.2, 0) is 4.74 Å². The van der Waals surface area contributed by atoms with Crippen LogP contribution in [0.4, 0.5) is 0 Å². The zero-order chi connectivity index (χ0) is 12.1. The second-order valence-corrected chi connectivity index (χ2v) is 5.82. The van der Waals surface area contributed by atoms with Crippen LogP contribution in [0.2, 0.25) is 0 Å². The Morgan fingerprint density at radius 1 is 1.35 bits per heavy atom. The molecule has 0 radical (unpaired) electrons. The van der Waals surface area contributed by atoms with Gasteiger partial charge in [0, 0.05) is 0 Å². The number of rotatable bonds is 5. The Hall–Kier alpha value is -0.340. The van der Waals surface area contributed by atoms with Gasteiger partial charge in [0.25, 0.3) is 0 Å². The third-order valence-electron chi connectivity index (χ3n) is 4.29. The van der Waals surface area contributed by atoms with E-state index >= 15 is 0 Å². The maximum Gasteiger partial charge on any atom is 0.0687 e. The molecule has 2 rings (SSSR count). The summed E-state index contributed by atoms with van der Waals surface area (Å²) in [6.07, 6.45) is 13.1. The fourth-order valence-corrected chi connectivity index (χ4v) is 3.33. The molecule has 1 heterocycles. The molecule has 17 heavy (non-hydrogen) atoms. The molecule has 1 N–H and O–H groups in total. The monoisotopic (exact) mass is 237 g/mol. The molecule has 1 aliphatic carbocycles. The maximum atomic E-state index is 6.33. The lowest BCUT2D eigenvalue weighted by Crippen LogP contribution is -2.24. The van der Waals surface area contributed by atoms with Crippen molar-refractivity contribution in [3.8, 4) is 0 Å². The largest absolute Gasteiger partial charge is 0.371 e. The number of nitrogens with one attached hydrogen (secondary N) is 1. The Labute approximate surface area is 106 Å². The van der Waals surface area contributed by atoms with Gasteiger partial charge in [0.2, 0.25) is 0 Å². The van der Waals surface area contributed by atoms with Crippen molar-refractivity contribution in [1.29, 1.82) is 0 Å². The van der Waals surface area contributed by atoms with Gasteiger partial charge in [-0.05, 0) is 59.0 Å². The van der Waals surface area contributed by atoms with Gasteiger partial charge in [-0.1, -0.05) is 24.5 Å². The van der Waals surface area contributed by atoms with Crippen LogP contribution in [0.15, 0.2) is 11.6 Å². The van der Waals surface area contributed by atoms with Crippen LogP contribution in [0.3, 0.4) is 0 Å². The average Bonchev–Trinajstić information content (AvgIpc) is 2.91. The van der Waals surface area contributed by atoms with Gasteiger partial charge in [0.1, 0.15) is 0 Å². The SMILES string of the molecule is CNCC/C=C(/C)CC1CCC2(CCCC2)O1. The van der Waals surface area contributed by atoms with Crippen molar-refractivity contribution in [2.45, 2.75) is 70.0 Å². The van der Waals surface area contributed by atoms with Gasteiger partial charge in [-0.2, -0.15) is 0 Å². The highest BCUT2D eigenvalue weighted by atomic mass is 16.5. The molecule has 0 aromatic heterocycles. The van der Waals surface area contributed by atoms with Gasteiger partial charge in [-0.15, -0.1) is 0 Å². The Bertz CT molecular complexity index is 266. The van der Waals surface area contributed by atoms with Crippen molar-refractivity contribution in [3.63, 3.8) is 0 Å². The Kier molecular flexibility index (Phi) is 4.63. The summed E-state index contributed by atoms with van der Waals surface area (Å²) in [5, 5.41) is 3.18. The van der Waals surface area contributed by atoms with E-state index in [9.17, 15) is 0 Å².